The van der Waals surface area contributed by atoms with Crippen LogP contribution in [0.5, 0.6) is 5.75 Å². The SMILES string of the molecule is CC1CN(C(=O)c2cccc(OC(F)F)c2)CC(CN)O1. The van der Waals surface area contributed by atoms with Crippen LogP contribution in [0.1, 0.15) is 17.3 Å². The number of nitrogens with zero attached hydrogens (tertiary/aromatic N) is 1. The number of rotatable bonds is 4. The molecule has 0 radical (unpaired) electrons. The molecule has 2 rings (SSSR count). The molecule has 116 valence electrons. The highest BCUT2D eigenvalue weighted by Gasteiger charge is 2.28. The fourth-order valence-electron chi connectivity index (χ4n) is 2.33. The van der Waals surface area contributed by atoms with Gasteiger partial charge in [-0.1, -0.05) is 6.07 Å². The maximum atomic E-state index is 12.4. The molecule has 2 N–H and O–H groups in total. The Kier molecular flexibility index (Phi) is 5.08. The summed E-state index contributed by atoms with van der Waals surface area (Å²) in [6.45, 7) is 0.0936. The predicted molar refractivity (Wildman–Crippen MR) is 72.4 cm³/mol. The first-order valence-electron chi connectivity index (χ1n) is 6.69. The van der Waals surface area contributed by atoms with Crippen LogP contribution in [0, 0.1) is 0 Å². The highest BCUT2D eigenvalue weighted by atomic mass is 19.3. The van der Waals surface area contributed by atoms with Gasteiger partial charge in [-0.2, -0.15) is 8.78 Å². The first kappa shape index (κ1) is 15.7. The minimum atomic E-state index is -2.92. The van der Waals surface area contributed by atoms with E-state index in [1.807, 2.05) is 6.92 Å². The van der Waals surface area contributed by atoms with Crippen molar-refractivity contribution in [3.63, 3.8) is 0 Å². The summed E-state index contributed by atoms with van der Waals surface area (Å²) in [6.07, 6.45) is -0.324. The molecule has 1 saturated heterocycles. The van der Waals surface area contributed by atoms with E-state index in [0.717, 1.165) is 0 Å². The van der Waals surface area contributed by atoms with Crippen molar-refractivity contribution in [2.24, 2.45) is 5.73 Å². The lowest BCUT2D eigenvalue weighted by Gasteiger charge is -2.36. The van der Waals surface area contributed by atoms with E-state index in [2.05, 4.69) is 4.74 Å². The summed E-state index contributed by atoms with van der Waals surface area (Å²) in [4.78, 5) is 14.0. The lowest BCUT2D eigenvalue weighted by Crippen LogP contribution is -2.51. The number of hydrogen-bond donors (Lipinski definition) is 1. The molecule has 0 spiro atoms. The van der Waals surface area contributed by atoms with Gasteiger partial charge in [0.1, 0.15) is 5.75 Å². The van der Waals surface area contributed by atoms with E-state index in [0.29, 0.717) is 25.2 Å². The Labute approximate surface area is 121 Å². The Morgan fingerprint density at radius 1 is 1.52 bits per heavy atom. The number of carbonyl (C=O) groups excluding carboxylic acids is 1. The Morgan fingerprint density at radius 2 is 2.29 bits per heavy atom. The van der Waals surface area contributed by atoms with Crippen molar-refractivity contribution in [3.05, 3.63) is 29.8 Å². The third-order valence-corrected chi connectivity index (χ3v) is 3.18. The zero-order chi connectivity index (χ0) is 15.4. The molecular weight excluding hydrogens is 282 g/mol. The lowest BCUT2D eigenvalue weighted by molar-refractivity contribution is -0.0626. The Hall–Kier alpha value is -1.73. The molecule has 0 saturated carbocycles. The van der Waals surface area contributed by atoms with E-state index in [9.17, 15) is 13.6 Å². The van der Waals surface area contributed by atoms with Crippen LogP contribution in [0.2, 0.25) is 0 Å². The number of morpholine rings is 1. The molecule has 1 aliphatic heterocycles. The van der Waals surface area contributed by atoms with Crippen LogP contribution in [-0.2, 0) is 4.74 Å². The molecule has 1 aliphatic rings. The third-order valence-electron chi connectivity index (χ3n) is 3.18. The average molecular weight is 300 g/mol. The van der Waals surface area contributed by atoms with Gasteiger partial charge in [0.2, 0.25) is 0 Å². The highest BCUT2D eigenvalue weighted by molar-refractivity contribution is 5.94. The van der Waals surface area contributed by atoms with Gasteiger partial charge in [-0.3, -0.25) is 4.79 Å². The van der Waals surface area contributed by atoms with Crippen molar-refractivity contribution in [1.82, 2.24) is 4.90 Å². The number of nitrogens with two attached hydrogens (primary N) is 1. The van der Waals surface area contributed by atoms with Crippen molar-refractivity contribution in [1.29, 1.82) is 0 Å². The second-order valence-corrected chi connectivity index (χ2v) is 4.92. The van der Waals surface area contributed by atoms with Crippen LogP contribution in [0.25, 0.3) is 0 Å². The van der Waals surface area contributed by atoms with Gasteiger partial charge >= 0.3 is 6.61 Å². The van der Waals surface area contributed by atoms with E-state index in [4.69, 9.17) is 10.5 Å². The quantitative estimate of drug-likeness (QED) is 0.914. The topological polar surface area (TPSA) is 64.8 Å². The lowest BCUT2D eigenvalue weighted by atomic mass is 10.1. The van der Waals surface area contributed by atoms with Crippen molar-refractivity contribution >= 4 is 5.91 Å². The summed E-state index contributed by atoms with van der Waals surface area (Å²) in [7, 11) is 0. The van der Waals surface area contributed by atoms with Gasteiger partial charge in [-0.15, -0.1) is 0 Å². The van der Waals surface area contributed by atoms with Gasteiger partial charge in [0.15, 0.2) is 0 Å². The number of benzene rings is 1. The maximum Gasteiger partial charge on any atom is 0.387 e. The fraction of sp³-hybridized carbons (Fsp3) is 0.500. The zero-order valence-electron chi connectivity index (χ0n) is 11.7. The van der Waals surface area contributed by atoms with E-state index in [-0.39, 0.29) is 23.9 Å². The molecule has 0 aromatic heterocycles. The van der Waals surface area contributed by atoms with Gasteiger partial charge < -0.3 is 20.1 Å². The predicted octanol–water partition coefficient (Wildman–Crippen LogP) is 1.48. The summed E-state index contributed by atoms with van der Waals surface area (Å²) < 4.78 is 34.3. The molecule has 2 atom stereocenters. The molecule has 1 aromatic carbocycles. The van der Waals surface area contributed by atoms with Gasteiger partial charge in [-0.25, -0.2) is 0 Å². The molecule has 21 heavy (non-hydrogen) atoms. The van der Waals surface area contributed by atoms with Gasteiger partial charge in [-0.05, 0) is 25.1 Å². The Bertz CT molecular complexity index is 499. The number of alkyl halides is 2. The molecule has 2 unspecified atom stereocenters. The summed E-state index contributed by atoms with van der Waals surface area (Å²) in [5.41, 5.74) is 5.88. The summed E-state index contributed by atoms with van der Waals surface area (Å²) in [6, 6.07) is 5.77. The molecule has 1 amide bonds. The van der Waals surface area contributed by atoms with Crippen LogP contribution >= 0.6 is 0 Å². The number of halogens is 2. The first-order chi connectivity index (χ1) is 9.99. The number of amides is 1. The van der Waals surface area contributed by atoms with Gasteiger partial charge in [0.25, 0.3) is 5.91 Å². The zero-order valence-corrected chi connectivity index (χ0v) is 11.7. The first-order valence-corrected chi connectivity index (χ1v) is 6.69. The number of carbonyl (C=O) groups is 1. The van der Waals surface area contributed by atoms with Crippen molar-refractivity contribution < 1.29 is 23.0 Å². The Morgan fingerprint density at radius 3 is 2.95 bits per heavy atom. The molecular formula is C14H18F2N2O3. The number of hydrogen-bond acceptors (Lipinski definition) is 4. The largest absolute Gasteiger partial charge is 0.435 e. The van der Waals surface area contributed by atoms with Crippen LogP contribution in [0.15, 0.2) is 24.3 Å². The Balaban J connectivity index is 2.11. The minimum absolute atomic E-state index is 0.0347. The minimum Gasteiger partial charge on any atom is -0.435 e. The molecule has 0 bridgehead atoms. The van der Waals surface area contributed by atoms with Gasteiger partial charge in [0, 0.05) is 25.2 Å². The van der Waals surface area contributed by atoms with Crippen LogP contribution < -0.4 is 10.5 Å². The van der Waals surface area contributed by atoms with Crippen molar-refractivity contribution in [2.45, 2.75) is 25.7 Å². The van der Waals surface area contributed by atoms with E-state index in [1.54, 1.807) is 11.0 Å². The average Bonchev–Trinajstić information content (AvgIpc) is 2.45. The highest BCUT2D eigenvalue weighted by Crippen LogP contribution is 2.19. The molecule has 5 nitrogen and oxygen atoms in total. The van der Waals surface area contributed by atoms with Crippen LogP contribution in [0.3, 0.4) is 0 Å². The van der Waals surface area contributed by atoms with E-state index < -0.39 is 6.61 Å². The summed E-state index contributed by atoms with van der Waals surface area (Å²) in [5.74, 6) is -0.282. The van der Waals surface area contributed by atoms with Crippen LogP contribution in [0.4, 0.5) is 8.78 Å². The van der Waals surface area contributed by atoms with Crippen LogP contribution in [-0.4, -0.2) is 49.3 Å². The van der Waals surface area contributed by atoms with E-state index in [1.165, 1.54) is 18.2 Å². The normalized spacial score (nSPS) is 22.4. The molecule has 0 aliphatic carbocycles. The molecule has 1 fully saturated rings. The fourth-order valence-corrected chi connectivity index (χ4v) is 2.33. The summed E-state index contributed by atoms with van der Waals surface area (Å²) >= 11 is 0. The second-order valence-electron chi connectivity index (χ2n) is 4.92. The van der Waals surface area contributed by atoms with Gasteiger partial charge in [0.05, 0.1) is 12.2 Å². The second kappa shape index (κ2) is 6.82. The standard InChI is InChI=1S/C14H18F2N2O3/c1-9-7-18(8-12(6-17)20-9)13(19)10-3-2-4-11(5-10)21-14(15)16/h2-5,9,12,14H,6-8,17H2,1H3. The van der Waals surface area contributed by atoms with Crippen molar-refractivity contribution in [3.8, 4) is 5.75 Å². The summed E-state index contributed by atoms with van der Waals surface area (Å²) in [5, 5.41) is 0. The maximum absolute atomic E-state index is 12.4. The molecule has 7 heteroatoms. The molecule has 1 heterocycles. The van der Waals surface area contributed by atoms with Crippen molar-refractivity contribution in [2.75, 3.05) is 19.6 Å². The number of ether oxygens (including phenoxy) is 2. The third kappa shape index (κ3) is 4.12. The monoisotopic (exact) mass is 300 g/mol. The smallest absolute Gasteiger partial charge is 0.387 e. The van der Waals surface area contributed by atoms with E-state index >= 15 is 0 Å². The molecule has 1 aromatic rings.